The molecule has 0 spiro atoms. The van der Waals surface area contributed by atoms with Crippen molar-refractivity contribution in [2.45, 2.75) is 25.6 Å². The molecular formula is C14H11Cl2F3O4. The van der Waals surface area contributed by atoms with E-state index in [9.17, 15) is 18.0 Å². The van der Waals surface area contributed by atoms with Gasteiger partial charge in [0.1, 0.15) is 5.75 Å². The van der Waals surface area contributed by atoms with E-state index >= 15 is 0 Å². The molecule has 0 amide bonds. The minimum atomic E-state index is -4.89. The zero-order valence-corrected chi connectivity index (χ0v) is 13.2. The first-order valence-electron chi connectivity index (χ1n) is 6.49. The van der Waals surface area contributed by atoms with Crippen molar-refractivity contribution < 1.29 is 32.5 Å². The number of fused-ring (bicyclic) bond motifs is 1. The molecule has 1 aliphatic rings. The van der Waals surface area contributed by atoms with Crippen molar-refractivity contribution in [3.05, 3.63) is 27.2 Å². The van der Waals surface area contributed by atoms with Gasteiger partial charge in [-0.25, -0.2) is 4.79 Å². The number of ether oxygens (including phenoxy) is 2. The number of hydrogen-bond donors (Lipinski definition) is 1. The molecule has 0 fully saturated rings. The molecule has 1 aromatic rings. The Morgan fingerprint density at radius 2 is 2.09 bits per heavy atom. The topological polar surface area (TPSA) is 55.8 Å². The highest BCUT2D eigenvalue weighted by Gasteiger charge is 2.48. The number of hydrogen-bond acceptors (Lipinski definition) is 3. The second kappa shape index (κ2) is 6.49. The third-order valence-electron chi connectivity index (χ3n) is 3.00. The molecule has 1 heterocycles. The maximum atomic E-state index is 13.0. The van der Waals surface area contributed by atoms with E-state index in [2.05, 4.69) is 0 Å². The van der Waals surface area contributed by atoms with Crippen LogP contribution in [0.25, 0.3) is 6.08 Å². The molecule has 1 N–H and O–H groups in total. The number of carboxylic acids is 1. The van der Waals surface area contributed by atoms with E-state index in [0.29, 0.717) is 13.0 Å². The van der Waals surface area contributed by atoms with Crippen molar-refractivity contribution >= 4 is 35.2 Å². The first-order valence-corrected chi connectivity index (χ1v) is 7.25. The Morgan fingerprint density at radius 1 is 1.43 bits per heavy atom. The lowest BCUT2D eigenvalue weighted by Gasteiger charge is -2.28. The fourth-order valence-electron chi connectivity index (χ4n) is 2.00. The van der Waals surface area contributed by atoms with Crippen LogP contribution >= 0.6 is 23.2 Å². The molecule has 0 aliphatic carbocycles. The molecule has 0 saturated heterocycles. The van der Waals surface area contributed by atoms with Crippen molar-refractivity contribution in [1.29, 1.82) is 0 Å². The molecular weight excluding hydrogens is 360 g/mol. The molecule has 126 valence electrons. The van der Waals surface area contributed by atoms with Crippen molar-refractivity contribution in [2.24, 2.45) is 0 Å². The van der Waals surface area contributed by atoms with Gasteiger partial charge in [-0.05, 0) is 12.5 Å². The van der Waals surface area contributed by atoms with Crippen molar-refractivity contribution in [1.82, 2.24) is 0 Å². The highest BCUT2D eigenvalue weighted by Crippen LogP contribution is 2.46. The standard InChI is InChI=1S/C14H11Cl2F3O4/c1-2-3-22-11-8(15)5-9-6(10(11)16)4-7(13(20)21)12(23-9)14(17,18)19/h4-5,12H,2-3H2,1H3,(H,20,21)/t12-/m0/s1. The quantitative estimate of drug-likeness (QED) is 0.842. The third kappa shape index (κ3) is 3.50. The van der Waals surface area contributed by atoms with Gasteiger partial charge in [-0.1, -0.05) is 30.1 Å². The number of alkyl halides is 3. The first kappa shape index (κ1) is 17.7. The summed E-state index contributed by atoms with van der Waals surface area (Å²) in [7, 11) is 0. The lowest BCUT2D eigenvalue weighted by atomic mass is 10.0. The number of carbonyl (C=O) groups is 1. The Bertz CT molecular complexity index is 671. The highest BCUT2D eigenvalue weighted by atomic mass is 35.5. The van der Waals surface area contributed by atoms with Gasteiger partial charge < -0.3 is 14.6 Å². The van der Waals surface area contributed by atoms with E-state index in [0.717, 1.165) is 12.1 Å². The Kier molecular flexibility index (Phi) is 5.01. The van der Waals surface area contributed by atoms with Gasteiger partial charge >= 0.3 is 12.1 Å². The van der Waals surface area contributed by atoms with Crippen LogP contribution in [0.1, 0.15) is 18.9 Å². The first-order chi connectivity index (χ1) is 10.7. The normalized spacial score (nSPS) is 17.1. The monoisotopic (exact) mass is 370 g/mol. The molecule has 4 nitrogen and oxygen atoms in total. The Morgan fingerprint density at radius 3 is 2.61 bits per heavy atom. The molecule has 9 heteroatoms. The summed E-state index contributed by atoms with van der Waals surface area (Å²) in [6.07, 6.45) is -6.00. The SMILES string of the molecule is CCCOc1c(Cl)cc2c(c1Cl)C=C(C(=O)O)[C@@H](C(F)(F)F)O2. The minimum absolute atomic E-state index is 0.0138. The van der Waals surface area contributed by atoms with E-state index < -0.39 is 23.8 Å². The lowest BCUT2D eigenvalue weighted by molar-refractivity contribution is -0.187. The Hall–Kier alpha value is -1.60. The number of benzene rings is 1. The predicted molar refractivity (Wildman–Crippen MR) is 78.3 cm³/mol. The Labute approximate surface area is 139 Å². The maximum absolute atomic E-state index is 13.0. The fraction of sp³-hybridized carbons (Fsp3) is 0.357. The molecule has 0 saturated carbocycles. The van der Waals surface area contributed by atoms with E-state index in [1.54, 1.807) is 0 Å². The van der Waals surface area contributed by atoms with Crippen LogP contribution in [0.4, 0.5) is 13.2 Å². The summed E-state index contributed by atoms with van der Waals surface area (Å²) in [6, 6.07) is 1.13. The van der Waals surface area contributed by atoms with Crippen LogP contribution < -0.4 is 9.47 Å². The van der Waals surface area contributed by atoms with Gasteiger partial charge in [0.2, 0.25) is 6.10 Å². The van der Waals surface area contributed by atoms with Gasteiger partial charge in [0.15, 0.2) is 5.75 Å². The van der Waals surface area contributed by atoms with Crippen molar-refractivity contribution in [3.63, 3.8) is 0 Å². The Balaban J connectivity index is 2.58. The zero-order chi connectivity index (χ0) is 17.4. The van der Waals surface area contributed by atoms with Gasteiger partial charge in [0.05, 0.1) is 22.2 Å². The molecule has 0 unspecified atom stereocenters. The molecule has 1 atom stereocenters. The average molecular weight is 371 g/mol. The second-order valence-electron chi connectivity index (χ2n) is 4.71. The average Bonchev–Trinajstić information content (AvgIpc) is 2.45. The summed E-state index contributed by atoms with van der Waals surface area (Å²) in [4.78, 5) is 11.1. The van der Waals surface area contributed by atoms with Crippen LogP contribution in [0.5, 0.6) is 11.5 Å². The van der Waals surface area contributed by atoms with Crippen LogP contribution in [0, 0.1) is 0 Å². The molecule has 0 radical (unpaired) electrons. The highest BCUT2D eigenvalue weighted by molar-refractivity contribution is 6.38. The number of halogens is 5. The molecule has 2 rings (SSSR count). The molecule has 1 aromatic carbocycles. The van der Waals surface area contributed by atoms with E-state index in [1.807, 2.05) is 6.92 Å². The summed E-state index contributed by atoms with van der Waals surface area (Å²) in [5.41, 5.74) is -0.976. The lowest BCUT2D eigenvalue weighted by Crippen LogP contribution is -2.40. The molecule has 1 aliphatic heterocycles. The minimum Gasteiger partial charge on any atom is -0.490 e. The van der Waals surface area contributed by atoms with Crippen molar-refractivity contribution in [3.8, 4) is 11.5 Å². The van der Waals surface area contributed by atoms with Crippen LogP contribution in [0.3, 0.4) is 0 Å². The number of carboxylic acid groups (broad SMARTS) is 1. The molecule has 23 heavy (non-hydrogen) atoms. The maximum Gasteiger partial charge on any atom is 0.430 e. The van der Waals surface area contributed by atoms with E-state index in [4.69, 9.17) is 37.8 Å². The van der Waals surface area contributed by atoms with Crippen LogP contribution in [0.2, 0.25) is 10.0 Å². The molecule has 0 aromatic heterocycles. The smallest absolute Gasteiger partial charge is 0.430 e. The van der Waals surface area contributed by atoms with Gasteiger partial charge in [-0.15, -0.1) is 0 Å². The van der Waals surface area contributed by atoms with Crippen LogP contribution in [-0.4, -0.2) is 30.0 Å². The molecule has 0 bridgehead atoms. The summed E-state index contributed by atoms with van der Waals surface area (Å²) < 4.78 is 49.1. The predicted octanol–water partition coefficient (Wildman–Crippen LogP) is 4.57. The van der Waals surface area contributed by atoms with Crippen LogP contribution in [0.15, 0.2) is 11.6 Å². The largest absolute Gasteiger partial charge is 0.490 e. The summed E-state index contributed by atoms with van der Waals surface area (Å²) >= 11 is 12.0. The van der Waals surface area contributed by atoms with Crippen molar-refractivity contribution in [2.75, 3.05) is 6.61 Å². The fourth-order valence-corrected chi connectivity index (χ4v) is 2.60. The van der Waals surface area contributed by atoms with Gasteiger partial charge in [-0.2, -0.15) is 13.2 Å². The van der Waals surface area contributed by atoms with Gasteiger partial charge in [-0.3, -0.25) is 0 Å². The van der Waals surface area contributed by atoms with Crippen LogP contribution in [-0.2, 0) is 4.79 Å². The summed E-state index contributed by atoms with van der Waals surface area (Å²) in [5.74, 6) is -1.93. The van der Waals surface area contributed by atoms with E-state index in [-0.39, 0.29) is 27.1 Å². The number of aliphatic carboxylic acids is 1. The third-order valence-corrected chi connectivity index (χ3v) is 3.65. The number of rotatable bonds is 4. The van der Waals surface area contributed by atoms with E-state index in [1.165, 1.54) is 0 Å². The summed E-state index contributed by atoms with van der Waals surface area (Å²) in [5, 5.41) is 8.89. The summed E-state index contributed by atoms with van der Waals surface area (Å²) in [6.45, 7) is 2.14. The zero-order valence-electron chi connectivity index (χ0n) is 11.7. The van der Waals surface area contributed by atoms with Gasteiger partial charge in [0, 0.05) is 11.6 Å². The van der Waals surface area contributed by atoms with Gasteiger partial charge in [0.25, 0.3) is 0 Å². The second-order valence-corrected chi connectivity index (χ2v) is 5.49.